The zero-order valence-corrected chi connectivity index (χ0v) is 15.5. The average Bonchev–Trinajstić information content (AvgIpc) is 3.37. The summed E-state index contributed by atoms with van der Waals surface area (Å²) in [5.41, 5.74) is 1.31. The van der Waals surface area contributed by atoms with Gasteiger partial charge < -0.3 is 14.3 Å². The number of hydrazine groups is 1. The van der Waals surface area contributed by atoms with Crippen molar-refractivity contribution in [1.82, 2.24) is 10.4 Å². The van der Waals surface area contributed by atoms with Gasteiger partial charge >= 0.3 is 12.1 Å². The lowest BCUT2D eigenvalue weighted by Gasteiger charge is -2.33. The van der Waals surface area contributed by atoms with Crippen LogP contribution in [0.4, 0.5) is 13.2 Å². The number of furan rings is 1. The quantitative estimate of drug-likeness (QED) is 0.811. The molecule has 9 heteroatoms. The first kappa shape index (κ1) is 19.4. The third-order valence-electron chi connectivity index (χ3n) is 4.99. The summed E-state index contributed by atoms with van der Waals surface area (Å²) in [6.07, 6.45) is -1.37. The molecule has 1 aliphatic carbocycles. The van der Waals surface area contributed by atoms with Crippen LogP contribution in [0.25, 0.3) is 0 Å². The zero-order chi connectivity index (χ0) is 20.8. The molecule has 0 fully saturated rings. The zero-order valence-electron chi connectivity index (χ0n) is 15.5. The molecule has 0 saturated carbocycles. The predicted octanol–water partition coefficient (Wildman–Crippen LogP) is 3.46. The number of carbonyl (C=O) groups is 1. The van der Waals surface area contributed by atoms with Gasteiger partial charge in [-0.2, -0.15) is 13.2 Å². The number of benzene rings is 1. The van der Waals surface area contributed by atoms with Crippen LogP contribution in [0.1, 0.15) is 40.8 Å². The van der Waals surface area contributed by atoms with Crippen molar-refractivity contribution in [2.75, 3.05) is 0 Å². The van der Waals surface area contributed by atoms with Crippen LogP contribution in [0.15, 0.2) is 46.5 Å². The number of hydrogen-bond acceptors (Lipinski definition) is 5. The molecule has 29 heavy (non-hydrogen) atoms. The van der Waals surface area contributed by atoms with Crippen molar-refractivity contribution in [1.29, 1.82) is 0 Å². The Balaban J connectivity index is 1.45. The first-order chi connectivity index (χ1) is 13.7. The van der Waals surface area contributed by atoms with Crippen LogP contribution in [-0.2, 0) is 19.4 Å². The Morgan fingerprint density at radius 3 is 2.79 bits per heavy atom. The van der Waals surface area contributed by atoms with E-state index in [-0.39, 0.29) is 28.8 Å². The third-order valence-corrected chi connectivity index (χ3v) is 4.99. The van der Waals surface area contributed by atoms with Crippen LogP contribution in [0.3, 0.4) is 0 Å². The summed E-state index contributed by atoms with van der Waals surface area (Å²) in [4.78, 5) is 12.5. The first-order valence-corrected chi connectivity index (χ1v) is 9.10. The van der Waals surface area contributed by atoms with Gasteiger partial charge in [-0.15, -0.1) is 0 Å². The van der Waals surface area contributed by atoms with Crippen LogP contribution in [0, 0.1) is 0 Å². The average molecular weight is 408 g/mol. The highest BCUT2D eigenvalue weighted by molar-refractivity contribution is 5.92. The Morgan fingerprint density at radius 2 is 2.03 bits per heavy atom. The Bertz CT molecular complexity index is 982. The van der Waals surface area contributed by atoms with Crippen LogP contribution in [0.5, 0.6) is 5.75 Å². The monoisotopic (exact) mass is 408 g/mol. The molecule has 1 atom stereocenters. The minimum absolute atomic E-state index is 0.00935. The molecule has 1 unspecified atom stereocenters. The van der Waals surface area contributed by atoms with E-state index in [2.05, 4.69) is 5.43 Å². The number of halogens is 3. The number of aryl methyl sites for hydroxylation is 2. The normalized spacial score (nSPS) is 21.0. The number of nitrogens with one attached hydrogen (secondary N) is 1. The van der Waals surface area contributed by atoms with Gasteiger partial charge in [-0.3, -0.25) is 10.2 Å². The van der Waals surface area contributed by atoms with Crippen LogP contribution >= 0.6 is 0 Å². The van der Waals surface area contributed by atoms with Crippen molar-refractivity contribution in [3.63, 3.8) is 0 Å². The largest absolute Gasteiger partial charge is 0.486 e. The molecule has 4 rings (SSSR count). The van der Waals surface area contributed by atoms with Gasteiger partial charge in [-0.05, 0) is 67.7 Å². The predicted molar refractivity (Wildman–Crippen MR) is 95.6 cm³/mol. The van der Waals surface area contributed by atoms with Gasteiger partial charge in [0.2, 0.25) is 0 Å². The van der Waals surface area contributed by atoms with E-state index in [0.717, 1.165) is 19.3 Å². The number of amides is 1. The molecular weight excluding hydrogens is 389 g/mol. The number of fused-ring (bicyclic) bond motifs is 1. The molecule has 1 aliphatic heterocycles. The number of rotatable bonds is 4. The highest BCUT2D eigenvalue weighted by atomic mass is 19.4. The molecule has 6 nitrogen and oxygen atoms in total. The van der Waals surface area contributed by atoms with Crippen molar-refractivity contribution in [3.05, 3.63) is 64.8 Å². The lowest BCUT2D eigenvalue weighted by Crippen LogP contribution is -2.60. The molecule has 1 amide bonds. The lowest BCUT2D eigenvalue weighted by atomic mass is 10.1. The molecule has 2 heterocycles. The summed E-state index contributed by atoms with van der Waals surface area (Å²) < 4.78 is 50.9. The lowest BCUT2D eigenvalue weighted by molar-refractivity contribution is -0.283. The number of nitrogens with zero attached hydrogens (tertiary/aromatic N) is 1. The summed E-state index contributed by atoms with van der Waals surface area (Å²) in [6, 6.07) is 8.52. The molecule has 2 aliphatic rings. The van der Waals surface area contributed by atoms with Gasteiger partial charge in [0.15, 0.2) is 5.76 Å². The van der Waals surface area contributed by atoms with Gasteiger partial charge in [-0.25, -0.2) is 5.01 Å². The number of allylic oxidation sites excluding steroid dienone is 1. The van der Waals surface area contributed by atoms with E-state index in [4.69, 9.17) is 9.15 Å². The van der Waals surface area contributed by atoms with Gasteiger partial charge in [0, 0.05) is 5.70 Å². The van der Waals surface area contributed by atoms with Gasteiger partial charge in [0.1, 0.15) is 18.1 Å². The van der Waals surface area contributed by atoms with Crippen molar-refractivity contribution < 1.29 is 32.2 Å². The minimum Gasteiger partial charge on any atom is -0.486 e. The van der Waals surface area contributed by atoms with Crippen LogP contribution in [0.2, 0.25) is 0 Å². The molecule has 0 spiro atoms. The van der Waals surface area contributed by atoms with E-state index >= 15 is 0 Å². The van der Waals surface area contributed by atoms with Crippen molar-refractivity contribution in [3.8, 4) is 5.75 Å². The number of aliphatic hydroxyl groups is 1. The number of ether oxygens (including phenoxy) is 1. The van der Waals surface area contributed by atoms with Crippen LogP contribution < -0.4 is 10.2 Å². The summed E-state index contributed by atoms with van der Waals surface area (Å²) in [5, 5.41) is 10.1. The van der Waals surface area contributed by atoms with E-state index in [1.807, 2.05) is 18.2 Å². The molecule has 0 radical (unpaired) electrons. The van der Waals surface area contributed by atoms with Crippen molar-refractivity contribution in [2.24, 2.45) is 0 Å². The second-order valence-electron chi connectivity index (χ2n) is 7.14. The fourth-order valence-corrected chi connectivity index (χ4v) is 3.55. The van der Waals surface area contributed by atoms with E-state index in [9.17, 15) is 23.1 Å². The summed E-state index contributed by atoms with van der Waals surface area (Å²) in [7, 11) is 0. The smallest absolute Gasteiger partial charge is 0.442 e. The second-order valence-corrected chi connectivity index (χ2v) is 7.14. The summed E-state index contributed by atoms with van der Waals surface area (Å²) in [6.45, 7) is 1.32. The molecule has 0 saturated heterocycles. The second kappa shape index (κ2) is 6.84. The Hall–Kier alpha value is -2.94. The molecule has 1 aromatic heterocycles. The maximum atomic E-state index is 13.3. The number of carbonyl (C=O) groups excluding carboxylic acids is 1. The van der Waals surface area contributed by atoms with Gasteiger partial charge in [0.25, 0.3) is 5.72 Å². The molecule has 154 valence electrons. The highest BCUT2D eigenvalue weighted by Gasteiger charge is 2.61. The molecule has 2 N–H and O–H groups in total. The van der Waals surface area contributed by atoms with Crippen molar-refractivity contribution >= 4 is 5.91 Å². The fraction of sp³-hybridized carbons (Fsp3) is 0.350. The fourth-order valence-electron chi connectivity index (χ4n) is 3.55. The van der Waals surface area contributed by atoms with E-state index < -0.39 is 17.8 Å². The summed E-state index contributed by atoms with van der Waals surface area (Å²) in [5.74, 6) is -0.576. The Labute approximate surface area is 164 Å². The Morgan fingerprint density at radius 1 is 1.28 bits per heavy atom. The maximum Gasteiger partial charge on any atom is 0.442 e. The number of hydrogen-bond donors (Lipinski definition) is 2. The van der Waals surface area contributed by atoms with Gasteiger partial charge in [0.05, 0.1) is 0 Å². The van der Waals surface area contributed by atoms with Gasteiger partial charge in [-0.1, -0.05) is 6.07 Å². The number of alkyl halides is 3. The molecular formula is C20H19F3N2O4. The molecule has 2 aromatic rings. The molecule has 1 aromatic carbocycles. The minimum atomic E-state index is -5.08. The van der Waals surface area contributed by atoms with Crippen LogP contribution in [-0.4, -0.2) is 27.9 Å². The maximum absolute atomic E-state index is 13.3. The Kier molecular flexibility index (Phi) is 4.57. The van der Waals surface area contributed by atoms with E-state index in [1.165, 1.54) is 30.2 Å². The SMILES string of the molecule is CC1=CC(O)(C(F)(F)F)N(C(=O)c2ccc(COc3ccc4c(c3)CCC4)o2)N1. The standard InChI is InChI=1S/C20H19F3N2O4/c1-12-10-19(27,20(21,22)23)25(24-12)18(26)17-8-7-16(29-17)11-28-15-6-5-13-3-2-4-14(13)9-15/h5-10,24,27H,2-4,11H2,1H3. The first-order valence-electron chi connectivity index (χ1n) is 9.10. The topological polar surface area (TPSA) is 74.9 Å². The third kappa shape index (κ3) is 3.46. The molecule has 0 bridgehead atoms. The van der Waals surface area contributed by atoms with E-state index in [1.54, 1.807) is 0 Å². The van der Waals surface area contributed by atoms with E-state index in [0.29, 0.717) is 11.8 Å². The summed E-state index contributed by atoms with van der Waals surface area (Å²) >= 11 is 0. The van der Waals surface area contributed by atoms with Crippen molar-refractivity contribution in [2.45, 2.75) is 44.7 Å². The highest BCUT2D eigenvalue weighted by Crippen LogP contribution is 2.38.